The van der Waals surface area contributed by atoms with Gasteiger partial charge in [0.05, 0.1) is 4.83 Å². The Bertz CT molecular complexity index is 791. The van der Waals surface area contributed by atoms with Gasteiger partial charge in [-0.1, -0.05) is 75.5 Å². The number of hydrogen-bond donors (Lipinski definition) is 0. The van der Waals surface area contributed by atoms with Gasteiger partial charge >= 0.3 is 0 Å². The van der Waals surface area contributed by atoms with Crippen LogP contribution in [0.2, 0.25) is 10.0 Å². The lowest BCUT2D eigenvalue weighted by atomic mass is 9.94. The topological polar surface area (TPSA) is 0 Å². The Morgan fingerprint density at radius 1 is 0.905 bits per heavy atom. The molecule has 3 heteroatoms. The third-order valence-electron chi connectivity index (χ3n) is 3.62. The molecule has 0 aliphatic rings. The number of benzene rings is 3. The Balaban J connectivity index is 2.21. The van der Waals surface area contributed by atoms with Gasteiger partial charge < -0.3 is 0 Å². The number of fused-ring (bicyclic) bond motifs is 1. The Labute approximate surface area is 142 Å². The largest absolute Gasteiger partial charge is 0.0843 e. The summed E-state index contributed by atoms with van der Waals surface area (Å²) in [7, 11) is 0. The van der Waals surface area contributed by atoms with Crippen molar-refractivity contribution in [2.24, 2.45) is 0 Å². The van der Waals surface area contributed by atoms with Crippen molar-refractivity contribution in [1.82, 2.24) is 0 Å². The van der Waals surface area contributed by atoms with E-state index in [1.807, 2.05) is 12.1 Å². The summed E-state index contributed by atoms with van der Waals surface area (Å²) in [5.74, 6) is 0. The number of rotatable bonds is 2. The van der Waals surface area contributed by atoms with Gasteiger partial charge in [-0.05, 0) is 52.6 Å². The Morgan fingerprint density at radius 2 is 1.57 bits per heavy atom. The molecule has 0 saturated heterocycles. The molecule has 0 spiro atoms. The van der Waals surface area contributed by atoms with E-state index in [0.717, 1.165) is 5.56 Å². The minimum absolute atomic E-state index is 0.0554. The first kappa shape index (κ1) is 14.9. The van der Waals surface area contributed by atoms with Crippen LogP contribution >= 0.6 is 39.1 Å². The summed E-state index contributed by atoms with van der Waals surface area (Å²) in [6.45, 7) is 2.13. The predicted octanol–water partition coefficient (Wildman–Crippen LogP) is 6.94. The molecule has 0 heterocycles. The molecular formula is C18H13BrCl2. The first-order valence-electron chi connectivity index (χ1n) is 6.64. The highest BCUT2D eigenvalue weighted by molar-refractivity contribution is 9.09. The van der Waals surface area contributed by atoms with E-state index in [9.17, 15) is 0 Å². The van der Waals surface area contributed by atoms with Crippen molar-refractivity contribution in [1.29, 1.82) is 0 Å². The molecule has 0 bridgehead atoms. The van der Waals surface area contributed by atoms with E-state index in [1.54, 1.807) is 6.07 Å². The van der Waals surface area contributed by atoms with Gasteiger partial charge in [0.25, 0.3) is 0 Å². The minimum Gasteiger partial charge on any atom is -0.0843 e. The van der Waals surface area contributed by atoms with Crippen molar-refractivity contribution in [3.63, 3.8) is 0 Å². The lowest BCUT2D eigenvalue weighted by Gasteiger charge is -2.17. The molecule has 0 nitrogen and oxygen atoms in total. The highest BCUT2D eigenvalue weighted by Gasteiger charge is 2.17. The third kappa shape index (κ3) is 2.96. The zero-order chi connectivity index (χ0) is 15.0. The Hall–Kier alpha value is -1.02. The van der Waals surface area contributed by atoms with Gasteiger partial charge in [0.2, 0.25) is 0 Å². The highest BCUT2D eigenvalue weighted by Crippen LogP contribution is 2.39. The lowest BCUT2D eigenvalue weighted by Crippen LogP contribution is -1.97. The van der Waals surface area contributed by atoms with Gasteiger partial charge in [0, 0.05) is 10.0 Å². The molecule has 3 aromatic rings. The summed E-state index contributed by atoms with van der Waals surface area (Å²) in [6, 6.07) is 18.4. The van der Waals surface area contributed by atoms with Crippen molar-refractivity contribution in [3.05, 3.63) is 81.3 Å². The van der Waals surface area contributed by atoms with Crippen LogP contribution in [0.25, 0.3) is 10.8 Å². The van der Waals surface area contributed by atoms with Crippen molar-refractivity contribution < 1.29 is 0 Å². The fraction of sp³-hybridized carbons (Fsp3) is 0.111. The monoisotopic (exact) mass is 378 g/mol. The van der Waals surface area contributed by atoms with E-state index in [-0.39, 0.29) is 4.83 Å². The molecule has 0 saturated carbocycles. The summed E-state index contributed by atoms with van der Waals surface area (Å²) >= 11 is 16.1. The zero-order valence-electron chi connectivity index (χ0n) is 11.4. The number of alkyl halides is 1. The van der Waals surface area contributed by atoms with Crippen LogP contribution in [0.1, 0.15) is 21.5 Å². The van der Waals surface area contributed by atoms with Crippen LogP contribution in [0.5, 0.6) is 0 Å². The lowest BCUT2D eigenvalue weighted by molar-refractivity contribution is 1.16. The third-order valence-corrected chi connectivity index (χ3v) is 5.04. The predicted molar refractivity (Wildman–Crippen MR) is 95.9 cm³/mol. The van der Waals surface area contributed by atoms with Crippen LogP contribution < -0.4 is 0 Å². The van der Waals surface area contributed by atoms with Gasteiger partial charge in [-0.3, -0.25) is 0 Å². The quantitative estimate of drug-likeness (QED) is 0.423. The Kier molecular flexibility index (Phi) is 4.26. The van der Waals surface area contributed by atoms with E-state index < -0.39 is 0 Å². The summed E-state index contributed by atoms with van der Waals surface area (Å²) < 4.78 is 0. The van der Waals surface area contributed by atoms with Crippen molar-refractivity contribution >= 4 is 49.9 Å². The number of halogens is 3. The normalized spacial score (nSPS) is 12.6. The molecule has 106 valence electrons. The maximum atomic E-state index is 6.13. The second-order valence-corrected chi connectivity index (χ2v) is 6.87. The van der Waals surface area contributed by atoms with Crippen LogP contribution in [-0.2, 0) is 0 Å². The van der Waals surface area contributed by atoms with E-state index in [2.05, 4.69) is 59.3 Å². The highest BCUT2D eigenvalue weighted by atomic mass is 79.9. The maximum absolute atomic E-state index is 6.13. The minimum atomic E-state index is 0.0554. The molecular weight excluding hydrogens is 367 g/mol. The van der Waals surface area contributed by atoms with Gasteiger partial charge in [0.15, 0.2) is 0 Å². The molecule has 0 aliphatic carbocycles. The van der Waals surface area contributed by atoms with Crippen LogP contribution in [0.3, 0.4) is 0 Å². The van der Waals surface area contributed by atoms with Crippen molar-refractivity contribution in [3.8, 4) is 0 Å². The summed E-state index contributed by atoms with van der Waals surface area (Å²) in [5.41, 5.74) is 3.56. The number of aryl methyl sites for hydroxylation is 1. The molecule has 0 fully saturated rings. The molecule has 21 heavy (non-hydrogen) atoms. The maximum Gasteiger partial charge on any atom is 0.0654 e. The fourth-order valence-corrected chi connectivity index (χ4v) is 4.04. The van der Waals surface area contributed by atoms with Gasteiger partial charge in [0.1, 0.15) is 0 Å². The second kappa shape index (κ2) is 6.00. The molecule has 3 rings (SSSR count). The first-order chi connectivity index (χ1) is 10.1. The molecule has 0 aliphatic heterocycles. The van der Waals surface area contributed by atoms with Gasteiger partial charge in [-0.15, -0.1) is 0 Å². The average Bonchev–Trinajstić information content (AvgIpc) is 2.45. The van der Waals surface area contributed by atoms with Crippen LogP contribution in [0, 0.1) is 6.92 Å². The van der Waals surface area contributed by atoms with E-state index in [1.165, 1.54) is 21.9 Å². The number of hydrogen-bond acceptors (Lipinski definition) is 0. The van der Waals surface area contributed by atoms with Crippen molar-refractivity contribution in [2.45, 2.75) is 11.8 Å². The summed E-state index contributed by atoms with van der Waals surface area (Å²) in [6.07, 6.45) is 0. The molecule has 3 aromatic carbocycles. The van der Waals surface area contributed by atoms with Gasteiger partial charge in [-0.2, -0.15) is 0 Å². The molecule has 0 amide bonds. The summed E-state index contributed by atoms with van der Waals surface area (Å²) in [4.78, 5) is 0.0554. The average molecular weight is 380 g/mol. The van der Waals surface area contributed by atoms with Crippen LogP contribution in [0.15, 0.2) is 54.6 Å². The van der Waals surface area contributed by atoms with Crippen LogP contribution in [0.4, 0.5) is 0 Å². The Morgan fingerprint density at radius 3 is 2.29 bits per heavy atom. The molecule has 1 atom stereocenters. The second-order valence-electron chi connectivity index (χ2n) is 5.08. The molecule has 0 aromatic heterocycles. The van der Waals surface area contributed by atoms with Crippen molar-refractivity contribution in [2.75, 3.05) is 0 Å². The van der Waals surface area contributed by atoms with E-state index in [4.69, 9.17) is 23.2 Å². The van der Waals surface area contributed by atoms with Crippen LogP contribution in [-0.4, -0.2) is 0 Å². The summed E-state index contributed by atoms with van der Waals surface area (Å²) in [5, 5.41) is 3.78. The molecule has 0 radical (unpaired) electrons. The smallest absolute Gasteiger partial charge is 0.0654 e. The van der Waals surface area contributed by atoms with E-state index >= 15 is 0 Å². The fourth-order valence-electron chi connectivity index (χ4n) is 2.63. The molecule has 1 unspecified atom stereocenters. The first-order valence-corrected chi connectivity index (χ1v) is 8.32. The van der Waals surface area contributed by atoms with Gasteiger partial charge in [-0.25, -0.2) is 0 Å². The standard InChI is InChI=1S/C18H13BrCl2/c1-11-6-7-12-4-2-3-5-16(12)17(11)18(19)13-8-14(20)10-15(21)9-13/h2-10,18H,1H3. The molecule has 0 N–H and O–H groups in total. The van der Waals surface area contributed by atoms with E-state index in [0.29, 0.717) is 10.0 Å². The SMILES string of the molecule is Cc1ccc2ccccc2c1C(Br)c1cc(Cl)cc(Cl)c1. The zero-order valence-corrected chi connectivity index (χ0v) is 14.5.